The molecule has 114 valence electrons. The lowest BCUT2D eigenvalue weighted by Crippen LogP contribution is -2.48. The topological polar surface area (TPSA) is 66.8 Å². The molecule has 1 aliphatic heterocycles. The zero-order chi connectivity index (χ0) is 15.5. The van der Waals surface area contributed by atoms with Crippen LogP contribution in [0.1, 0.15) is 32.3 Å². The summed E-state index contributed by atoms with van der Waals surface area (Å²) in [5, 5.41) is 9.71. The Balaban J connectivity index is 2.23. The predicted octanol–water partition coefficient (Wildman–Crippen LogP) is 2.05. The second-order valence-corrected chi connectivity index (χ2v) is 5.35. The molecule has 5 heteroatoms. The molecule has 1 aromatic rings. The van der Waals surface area contributed by atoms with Crippen molar-refractivity contribution in [2.75, 3.05) is 19.7 Å². The van der Waals surface area contributed by atoms with Crippen molar-refractivity contribution in [2.24, 2.45) is 0 Å². The molecule has 0 unspecified atom stereocenters. The summed E-state index contributed by atoms with van der Waals surface area (Å²) in [6.07, 6.45) is 0.881. The Kier molecular flexibility index (Phi) is 4.50. The van der Waals surface area contributed by atoms with Gasteiger partial charge in [0, 0.05) is 20.0 Å². The SMILES string of the molecule is CCOc1ccc(C2(C(=O)O)CCN(C(C)=O)CC2)cc1. The van der Waals surface area contributed by atoms with Gasteiger partial charge in [-0.15, -0.1) is 0 Å². The fourth-order valence-electron chi connectivity index (χ4n) is 2.87. The first kappa shape index (κ1) is 15.4. The first-order chi connectivity index (χ1) is 9.99. The lowest BCUT2D eigenvalue weighted by Gasteiger charge is -2.39. The molecule has 1 aliphatic rings. The molecule has 1 amide bonds. The summed E-state index contributed by atoms with van der Waals surface area (Å²) in [6, 6.07) is 7.26. The van der Waals surface area contributed by atoms with E-state index in [1.165, 1.54) is 6.92 Å². The number of aliphatic carboxylic acids is 1. The average Bonchev–Trinajstić information content (AvgIpc) is 2.48. The van der Waals surface area contributed by atoms with Crippen LogP contribution in [0.3, 0.4) is 0 Å². The summed E-state index contributed by atoms with van der Waals surface area (Å²) < 4.78 is 5.39. The first-order valence-electron chi connectivity index (χ1n) is 7.22. The van der Waals surface area contributed by atoms with Gasteiger partial charge in [0.05, 0.1) is 12.0 Å². The number of ether oxygens (including phenoxy) is 1. The molecule has 21 heavy (non-hydrogen) atoms. The van der Waals surface area contributed by atoms with Gasteiger partial charge in [0.2, 0.25) is 5.91 Å². The van der Waals surface area contributed by atoms with Gasteiger partial charge < -0.3 is 14.7 Å². The minimum absolute atomic E-state index is 0.000632. The van der Waals surface area contributed by atoms with E-state index in [-0.39, 0.29) is 5.91 Å². The van der Waals surface area contributed by atoms with E-state index in [1.54, 1.807) is 17.0 Å². The Morgan fingerprint density at radius 2 is 1.81 bits per heavy atom. The molecule has 0 aromatic heterocycles. The van der Waals surface area contributed by atoms with Gasteiger partial charge >= 0.3 is 5.97 Å². The van der Waals surface area contributed by atoms with Crippen molar-refractivity contribution in [1.82, 2.24) is 4.90 Å². The molecule has 5 nitrogen and oxygen atoms in total. The summed E-state index contributed by atoms with van der Waals surface area (Å²) in [6.45, 7) is 4.97. The third-order valence-corrected chi connectivity index (χ3v) is 4.19. The van der Waals surface area contributed by atoms with E-state index in [0.717, 1.165) is 11.3 Å². The van der Waals surface area contributed by atoms with E-state index in [4.69, 9.17) is 4.74 Å². The average molecular weight is 291 g/mol. The van der Waals surface area contributed by atoms with Crippen molar-refractivity contribution in [1.29, 1.82) is 0 Å². The number of hydrogen-bond donors (Lipinski definition) is 1. The zero-order valence-electron chi connectivity index (χ0n) is 12.5. The highest BCUT2D eigenvalue weighted by Gasteiger charge is 2.43. The number of hydrogen-bond acceptors (Lipinski definition) is 3. The first-order valence-corrected chi connectivity index (χ1v) is 7.22. The van der Waals surface area contributed by atoms with Gasteiger partial charge in [0.15, 0.2) is 0 Å². The molecular weight excluding hydrogens is 270 g/mol. The molecule has 1 heterocycles. The summed E-state index contributed by atoms with van der Waals surface area (Å²) >= 11 is 0. The van der Waals surface area contributed by atoms with Crippen LogP contribution in [-0.2, 0) is 15.0 Å². The highest BCUT2D eigenvalue weighted by molar-refractivity contribution is 5.82. The van der Waals surface area contributed by atoms with E-state index in [2.05, 4.69) is 0 Å². The number of carboxylic acid groups (broad SMARTS) is 1. The van der Waals surface area contributed by atoms with Crippen LogP contribution in [0.2, 0.25) is 0 Å². The number of carboxylic acids is 1. The van der Waals surface area contributed by atoms with Crippen LogP contribution in [0.25, 0.3) is 0 Å². The second kappa shape index (κ2) is 6.16. The Labute approximate surface area is 124 Å². The number of piperidine rings is 1. The van der Waals surface area contributed by atoms with Crippen molar-refractivity contribution < 1.29 is 19.4 Å². The molecule has 1 fully saturated rings. The van der Waals surface area contributed by atoms with Crippen LogP contribution in [0.4, 0.5) is 0 Å². The van der Waals surface area contributed by atoms with Gasteiger partial charge in [-0.05, 0) is 37.5 Å². The van der Waals surface area contributed by atoms with Crippen LogP contribution in [0.5, 0.6) is 5.75 Å². The smallest absolute Gasteiger partial charge is 0.314 e. The van der Waals surface area contributed by atoms with Gasteiger partial charge in [-0.3, -0.25) is 9.59 Å². The van der Waals surface area contributed by atoms with Crippen molar-refractivity contribution >= 4 is 11.9 Å². The number of benzene rings is 1. The minimum Gasteiger partial charge on any atom is -0.494 e. The molecule has 2 rings (SSSR count). The lowest BCUT2D eigenvalue weighted by atomic mass is 9.73. The third-order valence-electron chi connectivity index (χ3n) is 4.19. The maximum Gasteiger partial charge on any atom is 0.314 e. The van der Waals surface area contributed by atoms with Crippen LogP contribution in [0.15, 0.2) is 24.3 Å². The molecule has 1 N–H and O–H groups in total. The molecule has 1 saturated heterocycles. The molecule has 0 saturated carbocycles. The number of nitrogens with zero attached hydrogens (tertiary/aromatic N) is 1. The maximum absolute atomic E-state index is 11.8. The van der Waals surface area contributed by atoms with Crippen molar-refractivity contribution in [3.8, 4) is 5.75 Å². The number of carbonyl (C=O) groups is 2. The second-order valence-electron chi connectivity index (χ2n) is 5.35. The van der Waals surface area contributed by atoms with Crippen LogP contribution in [0, 0.1) is 0 Å². The maximum atomic E-state index is 11.8. The number of likely N-dealkylation sites (tertiary alicyclic amines) is 1. The monoisotopic (exact) mass is 291 g/mol. The summed E-state index contributed by atoms with van der Waals surface area (Å²) in [4.78, 5) is 24.9. The minimum atomic E-state index is -0.906. The van der Waals surface area contributed by atoms with Gasteiger partial charge in [-0.25, -0.2) is 0 Å². The van der Waals surface area contributed by atoms with E-state index in [9.17, 15) is 14.7 Å². The fraction of sp³-hybridized carbons (Fsp3) is 0.500. The standard InChI is InChI=1S/C16H21NO4/c1-3-21-14-6-4-13(5-7-14)16(15(19)20)8-10-17(11-9-16)12(2)18/h4-7H,3,8-11H2,1-2H3,(H,19,20). The highest BCUT2D eigenvalue weighted by atomic mass is 16.5. The predicted molar refractivity (Wildman–Crippen MR) is 78.4 cm³/mol. The fourth-order valence-corrected chi connectivity index (χ4v) is 2.87. The van der Waals surface area contributed by atoms with E-state index < -0.39 is 11.4 Å². The zero-order valence-corrected chi connectivity index (χ0v) is 12.5. The quantitative estimate of drug-likeness (QED) is 0.922. The molecule has 0 spiro atoms. The van der Waals surface area contributed by atoms with Crippen LogP contribution >= 0.6 is 0 Å². The van der Waals surface area contributed by atoms with Crippen LogP contribution < -0.4 is 4.74 Å². The van der Waals surface area contributed by atoms with Crippen LogP contribution in [-0.4, -0.2) is 41.6 Å². The molecular formula is C16H21NO4. The van der Waals surface area contributed by atoms with E-state index >= 15 is 0 Å². The van der Waals surface area contributed by atoms with Gasteiger partial charge in [0.25, 0.3) is 0 Å². The van der Waals surface area contributed by atoms with Crippen molar-refractivity contribution in [2.45, 2.75) is 32.1 Å². The lowest BCUT2D eigenvalue weighted by molar-refractivity contribution is -0.148. The molecule has 0 bridgehead atoms. The number of carbonyl (C=O) groups excluding carboxylic acids is 1. The van der Waals surface area contributed by atoms with Gasteiger partial charge in [-0.1, -0.05) is 12.1 Å². The Morgan fingerprint density at radius 1 is 1.24 bits per heavy atom. The van der Waals surface area contributed by atoms with Gasteiger partial charge in [0.1, 0.15) is 5.75 Å². The summed E-state index contributed by atoms with van der Waals surface area (Å²) in [5.41, 5.74) is -0.127. The van der Waals surface area contributed by atoms with E-state index in [1.807, 2.05) is 19.1 Å². The van der Waals surface area contributed by atoms with Gasteiger partial charge in [-0.2, -0.15) is 0 Å². The van der Waals surface area contributed by atoms with Crippen molar-refractivity contribution in [3.63, 3.8) is 0 Å². The third kappa shape index (κ3) is 3.01. The van der Waals surface area contributed by atoms with E-state index in [0.29, 0.717) is 32.5 Å². The highest BCUT2D eigenvalue weighted by Crippen LogP contribution is 2.36. The molecule has 0 atom stereocenters. The largest absolute Gasteiger partial charge is 0.494 e. The normalized spacial score (nSPS) is 17.3. The van der Waals surface area contributed by atoms with Crippen molar-refractivity contribution in [3.05, 3.63) is 29.8 Å². The number of rotatable bonds is 4. The molecule has 0 aliphatic carbocycles. The number of amides is 1. The molecule has 1 aromatic carbocycles. The Hall–Kier alpha value is -2.04. The Morgan fingerprint density at radius 3 is 2.24 bits per heavy atom. The summed E-state index contributed by atoms with van der Waals surface area (Å²) in [5.74, 6) is -0.0847. The molecule has 0 radical (unpaired) electrons. The Bertz CT molecular complexity index is 516. The summed E-state index contributed by atoms with van der Waals surface area (Å²) in [7, 11) is 0.